The molecule has 0 aromatic heterocycles. The third-order valence-electron chi connectivity index (χ3n) is 4.61. The lowest BCUT2D eigenvalue weighted by Gasteiger charge is -2.36. The molecule has 0 N–H and O–H groups in total. The Kier molecular flexibility index (Phi) is 4.06. The number of aliphatic imine (C=N–C) groups is 1. The van der Waals surface area contributed by atoms with Gasteiger partial charge in [0.1, 0.15) is 0 Å². The molecule has 3 nitrogen and oxygen atoms in total. The van der Waals surface area contributed by atoms with E-state index in [9.17, 15) is 4.79 Å². The summed E-state index contributed by atoms with van der Waals surface area (Å²) < 4.78 is 0. The molecule has 118 valence electrons. The number of carbonyl (C=O) groups excluding carboxylic acids is 1. The molecule has 1 aliphatic heterocycles. The molecule has 3 rings (SSSR count). The van der Waals surface area contributed by atoms with Gasteiger partial charge in [-0.15, -0.1) is 0 Å². The second-order valence-electron chi connectivity index (χ2n) is 7.09. The Labute approximate surface area is 137 Å². The van der Waals surface area contributed by atoms with E-state index in [1.807, 2.05) is 4.90 Å². The number of nitrogens with zero attached hydrogens (tertiary/aromatic N) is 2. The minimum Gasteiger partial charge on any atom is -0.285 e. The number of amides is 1. The zero-order valence-corrected chi connectivity index (χ0v) is 14.7. The van der Waals surface area contributed by atoms with Crippen molar-refractivity contribution >= 4 is 28.5 Å². The fourth-order valence-corrected chi connectivity index (χ4v) is 4.13. The van der Waals surface area contributed by atoms with Crippen LogP contribution in [0.4, 0.5) is 5.69 Å². The van der Waals surface area contributed by atoms with E-state index in [-0.39, 0.29) is 17.4 Å². The summed E-state index contributed by atoms with van der Waals surface area (Å²) >= 11 is 1.70. The van der Waals surface area contributed by atoms with Crippen molar-refractivity contribution in [1.29, 1.82) is 0 Å². The van der Waals surface area contributed by atoms with Gasteiger partial charge in [0.2, 0.25) is 5.91 Å². The number of carbonyl (C=O) groups is 1. The topological polar surface area (TPSA) is 32.7 Å². The molecular formula is C18H24N2OS. The molecule has 0 bridgehead atoms. The molecule has 2 aliphatic rings. The Balaban J connectivity index is 1.95. The van der Waals surface area contributed by atoms with E-state index in [0.29, 0.717) is 0 Å². The van der Waals surface area contributed by atoms with Gasteiger partial charge in [0, 0.05) is 11.7 Å². The summed E-state index contributed by atoms with van der Waals surface area (Å²) in [6.45, 7) is 8.43. The fraction of sp³-hybridized carbons (Fsp3) is 0.556. The lowest BCUT2D eigenvalue weighted by atomic mass is 9.83. The van der Waals surface area contributed by atoms with E-state index in [0.717, 1.165) is 35.0 Å². The molecule has 0 unspecified atom stereocenters. The standard InChI is InChI=1S/C18H24N2OS/c1-12-8-9-13(2)15(10-12)19-17-20(18(3,4)11-22-17)16(21)14-6-5-7-14/h8-10,14H,5-7,11H2,1-4H3. The average Bonchev–Trinajstić information content (AvgIpc) is 2.67. The Bertz CT molecular complexity index is 632. The number of hydrogen-bond donors (Lipinski definition) is 0. The van der Waals surface area contributed by atoms with Crippen LogP contribution in [0, 0.1) is 19.8 Å². The second kappa shape index (κ2) is 5.73. The highest BCUT2D eigenvalue weighted by atomic mass is 32.2. The number of hydrogen-bond acceptors (Lipinski definition) is 3. The molecule has 1 aromatic rings. The zero-order valence-electron chi connectivity index (χ0n) is 13.8. The molecule has 0 spiro atoms. The summed E-state index contributed by atoms with van der Waals surface area (Å²) in [6, 6.07) is 6.29. The highest BCUT2D eigenvalue weighted by Crippen LogP contribution is 2.39. The summed E-state index contributed by atoms with van der Waals surface area (Å²) in [5.74, 6) is 1.39. The van der Waals surface area contributed by atoms with Crippen LogP contribution in [0.25, 0.3) is 0 Å². The van der Waals surface area contributed by atoms with Gasteiger partial charge in [-0.3, -0.25) is 9.69 Å². The summed E-state index contributed by atoms with van der Waals surface area (Å²) in [6.07, 6.45) is 3.25. The average molecular weight is 316 g/mol. The zero-order chi connectivity index (χ0) is 15.9. The van der Waals surface area contributed by atoms with Gasteiger partial charge >= 0.3 is 0 Å². The van der Waals surface area contributed by atoms with Crippen LogP contribution < -0.4 is 0 Å². The van der Waals surface area contributed by atoms with Gasteiger partial charge in [-0.1, -0.05) is 30.3 Å². The van der Waals surface area contributed by atoms with Crippen molar-refractivity contribution in [3.05, 3.63) is 29.3 Å². The van der Waals surface area contributed by atoms with Gasteiger partial charge in [0.25, 0.3) is 0 Å². The Morgan fingerprint density at radius 1 is 1.32 bits per heavy atom. The molecule has 22 heavy (non-hydrogen) atoms. The molecule has 0 atom stereocenters. The van der Waals surface area contributed by atoms with Crippen LogP contribution in [-0.4, -0.2) is 27.3 Å². The number of aryl methyl sites for hydroxylation is 2. The van der Waals surface area contributed by atoms with Crippen molar-refractivity contribution in [2.75, 3.05) is 5.75 Å². The quantitative estimate of drug-likeness (QED) is 0.808. The maximum Gasteiger partial charge on any atom is 0.232 e. The smallest absolute Gasteiger partial charge is 0.232 e. The van der Waals surface area contributed by atoms with Crippen LogP contribution in [0.1, 0.15) is 44.2 Å². The lowest BCUT2D eigenvalue weighted by Crippen LogP contribution is -2.50. The largest absolute Gasteiger partial charge is 0.285 e. The normalized spacial score (nSPS) is 22.9. The predicted molar refractivity (Wildman–Crippen MR) is 93.7 cm³/mol. The number of thioether (sulfide) groups is 1. The highest BCUT2D eigenvalue weighted by Gasteiger charge is 2.44. The van der Waals surface area contributed by atoms with Crippen molar-refractivity contribution < 1.29 is 4.79 Å². The first kappa shape index (κ1) is 15.6. The maximum atomic E-state index is 12.8. The van der Waals surface area contributed by atoms with Crippen LogP contribution in [0.5, 0.6) is 0 Å². The Morgan fingerprint density at radius 2 is 2.05 bits per heavy atom. The van der Waals surface area contributed by atoms with Crippen molar-refractivity contribution in [3.63, 3.8) is 0 Å². The summed E-state index contributed by atoms with van der Waals surface area (Å²) in [5, 5.41) is 0.871. The van der Waals surface area contributed by atoms with E-state index in [1.54, 1.807) is 11.8 Å². The summed E-state index contributed by atoms with van der Waals surface area (Å²) in [7, 11) is 0. The molecule has 1 aliphatic carbocycles. The minimum absolute atomic E-state index is 0.145. The fourth-order valence-electron chi connectivity index (χ4n) is 2.88. The van der Waals surface area contributed by atoms with Crippen molar-refractivity contribution in [2.45, 2.75) is 52.5 Å². The molecule has 1 heterocycles. The first-order valence-electron chi connectivity index (χ1n) is 8.01. The first-order valence-corrected chi connectivity index (χ1v) is 9.00. The van der Waals surface area contributed by atoms with E-state index < -0.39 is 0 Å². The molecule has 1 amide bonds. The monoisotopic (exact) mass is 316 g/mol. The molecule has 1 aromatic carbocycles. The number of rotatable bonds is 2. The molecule has 4 heteroatoms. The van der Waals surface area contributed by atoms with Crippen LogP contribution >= 0.6 is 11.8 Å². The van der Waals surface area contributed by atoms with Gasteiger partial charge in [-0.25, -0.2) is 4.99 Å². The van der Waals surface area contributed by atoms with Crippen LogP contribution in [-0.2, 0) is 4.79 Å². The van der Waals surface area contributed by atoms with E-state index in [2.05, 4.69) is 45.9 Å². The predicted octanol–water partition coefficient (Wildman–Crippen LogP) is 4.45. The van der Waals surface area contributed by atoms with Gasteiger partial charge in [-0.05, 0) is 57.7 Å². The third kappa shape index (κ3) is 2.81. The second-order valence-corrected chi connectivity index (χ2v) is 8.03. The van der Waals surface area contributed by atoms with Crippen LogP contribution in [0.3, 0.4) is 0 Å². The Hall–Kier alpha value is -1.29. The molecule has 2 fully saturated rings. The number of benzene rings is 1. The maximum absolute atomic E-state index is 12.8. The SMILES string of the molecule is Cc1ccc(C)c(N=C2SCC(C)(C)N2C(=O)C2CCC2)c1. The first-order chi connectivity index (χ1) is 10.4. The minimum atomic E-state index is -0.145. The van der Waals surface area contributed by atoms with E-state index >= 15 is 0 Å². The number of amidine groups is 1. The van der Waals surface area contributed by atoms with Crippen molar-refractivity contribution in [1.82, 2.24) is 4.90 Å². The van der Waals surface area contributed by atoms with Crippen molar-refractivity contribution in [3.8, 4) is 0 Å². The van der Waals surface area contributed by atoms with Crippen molar-refractivity contribution in [2.24, 2.45) is 10.9 Å². The molecule has 0 radical (unpaired) electrons. The van der Waals surface area contributed by atoms with Gasteiger partial charge in [0.05, 0.1) is 11.2 Å². The van der Waals surface area contributed by atoms with Crippen LogP contribution in [0.2, 0.25) is 0 Å². The van der Waals surface area contributed by atoms with E-state index in [4.69, 9.17) is 4.99 Å². The van der Waals surface area contributed by atoms with Gasteiger partial charge in [0.15, 0.2) is 5.17 Å². The summed E-state index contributed by atoms with van der Waals surface area (Å²) in [4.78, 5) is 19.6. The van der Waals surface area contributed by atoms with Gasteiger partial charge < -0.3 is 0 Å². The van der Waals surface area contributed by atoms with Gasteiger partial charge in [-0.2, -0.15) is 0 Å². The van der Waals surface area contributed by atoms with Crippen LogP contribution in [0.15, 0.2) is 23.2 Å². The lowest BCUT2D eigenvalue weighted by molar-refractivity contribution is -0.136. The summed E-state index contributed by atoms with van der Waals surface area (Å²) in [5.41, 5.74) is 3.18. The Morgan fingerprint density at radius 3 is 2.68 bits per heavy atom. The third-order valence-corrected chi connectivity index (χ3v) is 5.99. The molecular weight excluding hydrogens is 292 g/mol. The molecule has 1 saturated carbocycles. The molecule has 1 saturated heterocycles. The van der Waals surface area contributed by atoms with E-state index in [1.165, 1.54) is 12.0 Å². The highest BCUT2D eigenvalue weighted by molar-refractivity contribution is 8.14.